The molecular weight excluding hydrogens is 432 g/mol. The van der Waals surface area contributed by atoms with Crippen molar-refractivity contribution >= 4 is 17.6 Å². The molecule has 2 amide bonds. The largest absolute Gasteiger partial charge is 0.481 e. The molecule has 1 atom stereocenters. The van der Waals surface area contributed by atoms with Gasteiger partial charge >= 0.3 is 0 Å². The van der Waals surface area contributed by atoms with Gasteiger partial charge in [-0.25, -0.2) is 4.98 Å². The summed E-state index contributed by atoms with van der Waals surface area (Å²) in [5.74, 6) is 0.850. The molecule has 0 spiro atoms. The number of amides is 2. The molecule has 0 saturated carbocycles. The van der Waals surface area contributed by atoms with Gasteiger partial charge in [0.1, 0.15) is 5.82 Å². The molecule has 0 aliphatic carbocycles. The highest BCUT2D eigenvalue weighted by molar-refractivity contribution is 5.95. The van der Waals surface area contributed by atoms with Crippen LogP contribution in [0.15, 0.2) is 54.7 Å². The molecule has 1 saturated heterocycles. The molecule has 34 heavy (non-hydrogen) atoms. The van der Waals surface area contributed by atoms with Crippen LogP contribution in [0.1, 0.15) is 18.4 Å². The first-order valence-electron chi connectivity index (χ1n) is 11.4. The number of aromatic nitrogens is 3. The van der Waals surface area contributed by atoms with E-state index in [9.17, 15) is 9.59 Å². The lowest BCUT2D eigenvalue weighted by Crippen LogP contribution is -2.47. The summed E-state index contributed by atoms with van der Waals surface area (Å²) in [4.78, 5) is 31.8. The predicted molar refractivity (Wildman–Crippen MR) is 129 cm³/mol. The summed E-state index contributed by atoms with van der Waals surface area (Å²) in [6.45, 7) is 1.69. The summed E-state index contributed by atoms with van der Waals surface area (Å²) in [6.07, 6.45) is 4.18. The van der Waals surface area contributed by atoms with Crippen LogP contribution in [0.3, 0.4) is 0 Å². The van der Waals surface area contributed by atoms with Crippen LogP contribution in [-0.2, 0) is 23.1 Å². The molecule has 3 aromatic rings. The number of carbonyl (C=O) groups excluding carboxylic acids is 2. The van der Waals surface area contributed by atoms with Crippen molar-refractivity contribution in [2.45, 2.75) is 25.3 Å². The van der Waals surface area contributed by atoms with E-state index >= 15 is 0 Å². The SMILES string of the molecule is COc1cc(-c2cc(NC(=O)C(Cc3ccccc3)NCC(=O)N3CCCC3)n(C)n2)ccn1. The van der Waals surface area contributed by atoms with Crippen molar-refractivity contribution in [1.82, 2.24) is 25.0 Å². The monoisotopic (exact) mass is 462 g/mol. The van der Waals surface area contributed by atoms with Gasteiger partial charge in [0, 0.05) is 44.0 Å². The fourth-order valence-electron chi connectivity index (χ4n) is 4.02. The van der Waals surface area contributed by atoms with Gasteiger partial charge in [0.2, 0.25) is 17.7 Å². The number of nitrogens with zero attached hydrogens (tertiary/aromatic N) is 4. The molecule has 178 valence electrons. The molecule has 0 radical (unpaired) electrons. The van der Waals surface area contributed by atoms with Crippen molar-refractivity contribution in [2.24, 2.45) is 7.05 Å². The van der Waals surface area contributed by atoms with Crippen LogP contribution < -0.4 is 15.4 Å². The molecule has 3 heterocycles. The predicted octanol–water partition coefficient (Wildman–Crippen LogP) is 2.25. The van der Waals surface area contributed by atoms with E-state index in [1.165, 1.54) is 0 Å². The maximum Gasteiger partial charge on any atom is 0.243 e. The number of carbonyl (C=O) groups is 2. The highest BCUT2D eigenvalue weighted by Gasteiger charge is 2.24. The minimum absolute atomic E-state index is 0.0258. The molecule has 1 unspecified atom stereocenters. The number of ether oxygens (including phenoxy) is 1. The van der Waals surface area contributed by atoms with Crippen molar-refractivity contribution in [3.8, 4) is 17.1 Å². The van der Waals surface area contributed by atoms with Gasteiger partial charge in [-0.05, 0) is 30.9 Å². The Hall–Kier alpha value is -3.72. The zero-order chi connectivity index (χ0) is 23.9. The average molecular weight is 463 g/mol. The van der Waals surface area contributed by atoms with Gasteiger partial charge in [-0.1, -0.05) is 30.3 Å². The number of hydrogen-bond acceptors (Lipinski definition) is 6. The Bertz CT molecular complexity index is 1120. The minimum atomic E-state index is -0.576. The van der Waals surface area contributed by atoms with Gasteiger partial charge in [-0.3, -0.25) is 19.6 Å². The van der Waals surface area contributed by atoms with Gasteiger partial charge in [0.05, 0.1) is 25.4 Å². The van der Waals surface area contributed by atoms with Crippen molar-refractivity contribution in [3.63, 3.8) is 0 Å². The second-order valence-corrected chi connectivity index (χ2v) is 8.33. The Morgan fingerprint density at radius 1 is 1.12 bits per heavy atom. The lowest BCUT2D eigenvalue weighted by Gasteiger charge is -2.21. The third-order valence-corrected chi connectivity index (χ3v) is 5.93. The van der Waals surface area contributed by atoms with Crippen LogP contribution in [0.5, 0.6) is 5.88 Å². The molecule has 9 nitrogen and oxygen atoms in total. The van der Waals surface area contributed by atoms with E-state index < -0.39 is 6.04 Å². The van der Waals surface area contributed by atoms with Crippen LogP contribution in [0.25, 0.3) is 11.3 Å². The van der Waals surface area contributed by atoms with Crippen LogP contribution in [0.4, 0.5) is 5.82 Å². The van der Waals surface area contributed by atoms with Gasteiger partial charge in [-0.15, -0.1) is 0 Å². The number of anilines is 1. The van der Waals surface area contributed by atoms with E-state index in [0.29, 0.717) is 23.8 Å². The normalized spacial score (nSPS) is 14.1. The summed E-state index contributed by atoms with van der Waals surface area (Å²) in [5, 5.41) is 10.7. The Morgan fingerprint density at radius 2 is 1.88 bits per heavy atom. The Morgan fingerprint density at radius 3 is 2.62 bits per heavy atom. The van der Waals surface area contributed by atoms with E-state index in [0.717, 1.165) is 37.1 Å². The van der Waals surface area contributed by atoms with Crippen molar-refractivity contribution in [2.75, 3.05) is 32.1 Å². The molecule has 9 heteroatoms. The summed E-state index contributed by atoms with van der Waals surface area (Å²) in [6, 6.07) is 14.6. The second kappa shape index (κ2) is 10.9. The molecule has 1 aliphatic heterocycles. The number of pyridine rings is 1. The molecular formula is C25H30N6O3. The van der Waals surface area contributed by atoms with Crippen LogP contribution >= 0.6 is 0 Å². The third-order valence-electron chi connectivity index (χ3n) is 5.93. The first-order valence-corrected chi connectivity index (χ1v) is 11.4. The number of rotatable bonds is 9. The van der Waals surface area contributed by atoms with Gasteiger partial charge in [0.15, 0.2) is 0 Å². The molecule has 4 rings (SSSR count). The fraction of sp³-hybridized carbons (Fsp3) is 0.360. The number of likely N-dealkylation sites (tertiary alicyclic amines) is 1. The van der Waals surface area contributed by atoms with E-state index in [2.05, 4.69) is 20.7 Å². The summed E-state index contributed by atoms with van der Waals surface area (Å²) in [5.41, 5.74) is 2.53. The minimum Gasteiger partial charge on any atom is -0.481 e. The Kier molecular flexibility index (Phi) is 7.54. The quantitative estimate of drug-likeness (QED) is 0.506. The highest BCUT2D eigenvalue weighted by Crippen LogP contribution is 2.23. The number of nitrogens with one attached hydrogen (secondary N) is 2. The Balaban J connectivity index is 1.48. The lowest BCUT2D eigenvalue weighted by molar-refractivity contribution is -0.129. The summed E-state index contributed by atoms with van der Waals surface area (Å²) < 4.78 is 6.81. The third kappa shape index (κ3) is 5.79. The Labute approximate surface area is 199 Å². The molecule has 1 aliphatic rings. The van der Waals surface area contributed by atoms with Crippen LogP contribution in [-0.4, -0.2) is 64.3 Å². The van der Waals surface area contributed by atoms with Crippen molar-refractivity contribution < 1.29 is 14.3 Å². The smallest absolute Gasteiger partial charge is 0.243 e. The average Bonchev–Trinajstić information content (AvgIpc) is 3.53. The van der Waals surface area contributed by atoms with Gasteiger partial charge in [0.25, 0.3) is 0 Å². The number of hydrogen-bond donors (Lipinski definition) is 2. The van der Waals surface area contributed by atoms with Gasteiger partial charge in [-0.2, -0.15) is 5.10 Å². The molecule has 1 aromatic carbocycles. The van der Waals surface area contributed by atoms with E-state index in [1.54, 1.807) is 31.1 Å². The zero-order valence-electron chi connectivity index (χ0n) is 19.5. The topological polar surface area (TPSA) is 101 Å². The van der Waals surface area contributed by atoms with Crippen molar-refractivity contribution in [3.05, 3.63) is 60.3 Å². The first kappa shape index (κ1) is 23.4. The lowest BCUT2D eigenvalue weighted by atomic mass is 10.1. The number of benzene rings is 1. The van der Waals surface area contributed by atoms with Crippen LogP contribution in [0, 0.1) is 0 Å². The number of methoxy groups -OCH3 is 1. The zero-order valence-corrected chi connectivity index (χ0v) is 19.5. The standard InChI is InChI=1S/C25H30N6O3/c1-30-22(16-20(29-30)19-10-11-26-23(15-19)34-2)28-25(33)21(14-18-8-4-3-5-9-18)27-17-24(32)31-12-6-7-13-31/h3-5,8-11,15-16,21,27H,6-7,12-14,17H2,1-2H3,(H,28,33). The summed E-state index contributed by atoms with van der Waals surface area (Å²) in [7, 11) is 3.33. The van der Waals surface area contributed by atoms with E-state index in [4.69, 9.17) is 4.74 Å². The fourth-order valence-corrected chi connectivity index (χ4v) is 4.02. The van der Waals surface area contributed by atoms with E-state index in [-0.39, 0.29) is 18.4 Å². The maximum atomic E-state index is 13.3. The van der Waals surface area contributed by atoms with Crippen LogP contribution in [0.2, 0.25) is 0 Å². The maximum absolute atomic E-state index is 13.3. The van der Waals surface area contributed by atoms with Gasteiger partial charge < -0.3 is 15.0 Å². The molecule has 1 fully saturated rings. The first-order chi connectivity index (χ1) is 16.5. The second-order valence-electron chi connectivity index (χ2n) is 8.33. The molecule has 2 N–H and O–H groups in total. The molecule has 2 aromatic heterocycles. The highest BCUT2D eigenvalue weighted by atomic mass is 16.5. The number of aryl methyl sites for hydroxylation is 1. The van der Waals surface area contributed by atoms with E-state index in [1.807, 2.05) is 47.4 Å². The van der Waals surface area contributed by atoms with Crippen molar-refractivity contribution in [1.29, 1.82) is 0 Å². The molecule has 0 bridgehead atoms. The summed E-state index contributed by atoms with van der Waals surface area (Å²) >= 11 is 0.